The first-order valence-corrected chi connectivity index (χ1v) is 9.89. The molecule has 0 saturated carbocycles. The fraction of sp³-hybridized carbons (Fsp3) is 0.435. The van der Waals surface area contributed by atoms with Crippen LogP contribution < -0.4 is 4.74 Å². The Bertz CT molecular complexity index is 784. The van der Waals surface area contributed by atoms with E-state index < -0.39 is 0 Å². The number of rotatable bonds is 7. The molecular weight excluding hydrogens is 352 g/mol. The van der Waals surface area contributed by atoms with Gasteiger partial charge in [-0.25, -0.2) is 4.79 Å². The van der Waals surface area contributed by atoms with E-state index in [2.05, 4.69) is 22.9 Å². The first-order chi connectivity index (χ1) is 13.5. The van der Waals surface area contributed by atoms with Crippen LogP contribution in [-0.4, -0.2) is 62.1 Å². The molecule has 28 heavy (non-hydrogen) atoms. The van der Waals surface area contributed by atoms with Crippen LogP contribution in [0, 0.1) is 13.8 Å². The van der Waals surface area contributed by atoms with Crippen LogP contribution in [0.25, 0.3) is 0 Å². The maximum absolute atomic E-state index is 12.3. The highest BCUT2D eigenvalue weighted by Gasteiger charge is 2.15. The van der Waals surface area contributed by atoms with E-state index in [4.69, 9.17) is 9.47 Å². The average Bonchev–Trinajstić information content (AvgIpc) is 2.70. The minimum Gasteiger partial charge on any atom is -0.492 e. The van der Waals surface area contributed by atoms with Crippen molar-refractivity contribution in [1.82, 2.24) is 9.80 Å². The van der Waals surface area contributed by atoms with Gasteiger partial charge in [0.25, 0.3) is 0 Å². The van der Waals surface area contributed by atoms with Gasteiger partial charge in [0.15, 0.2) is 0 Å². The molecule has 0 bridgehead atoms. The second-order valence-corrected chi connectivity index (χ2v) is 7.51. The molecule has 0 atom stereocenters. The Balaban J connectivity index is 1.60. The van der Waals surface area contributed by atoms with Gasteiger partial charge < -0.3 is 14.4 Å². The van der Waals surface area contributed by atoms with Crippen LogP contribution in [0.5, 0.6) is 5.75 Å². The number of carbonyl (C=O) groups excluding carboxylic acids is 1. The number of carbonyl (C=O) groups is 1. The number of piperazine rings is 1. The molecule has 1 heterocycles. The summed E-state index contributed by atoms with van der Waals surface area (Å²) in [4.78, 5) is 17.0. The van der Waals surface area contributed by atoms with Crippen molar-refractivity contribution in [3.8, 4) is 5.75 Å². The molecule has 1 aliphatic rings. The third-order valence-electron chi connectivity index (χ3n) is 5.11. The highest BCUT2D eigenvalue weighted by atomic mass is 16.5. The van der Waals surface area contributed by atoms with E-state index in [1.165, 1.54) is 0 Å². The molecule has 0 aromatic heterocycles. The molecule has 0 unspecified atom stereocenters. The lowest BCUT2D eigenvalue weighted by molar-refractivity contribution is 0.0468. The summed E-state index contributed by atoms with van der Waals surface area (Å²) in [6, 6.07) is 13.2. The molecule has 0 radical (unpaired) electrons. The van der Waals surface area contributed by atoms with Crippen molar-refractivity contribution >= 4 is 5.97 Å². The van der Waals surface area contributed by atoms with Gasteiger partial charge in [-0.1, -0.05) is 29.8 Å². The molecule has 0 spiro atoms. The average molecular weight is 383 g/mol. The molecule has 0 amide bonds. The largest absolute Gasteiger partial charge is 0.492 e. The topological polar surface area (TPSA) is 42.0 Å². The number of hydrogen-bond acceptors (Lipinski definition) is 5. The Hall–Kier alpha value is -2.37. The molecule has 5 nitrogen and oxygen atoms in total. The van der Waals surface area contributed by atoms with Gasteiger partial charge in [-0.15, -0.1) is 0 Å². The SMILES string of the molecule is Cc1cc(C)c(OCCN2CCN(C)CC2)c(COC(=O)c2ccccc2)c1. The van der Waals surface area contributed by atoms with E-state index in [-0.39, 0.29) is 12.6 Å². The lowest BCUT2D eigenvalue weighted by atomic mass is 10.1. The number of ether oxygens (including phenoxy) is 2. The Kier molecular flexibility index (Phi) is 7.06. The van der Waals surface area contributed by atoms with Crippen LogP contribution in [0.2, 0.25) is 0 Å². The van der Waals surface area contributed by atoms with E-state index in [0.717, 1.165) is 55.2 Å². The summed E-state index contributed by atoms with van der Waals surface area (Å²) < 4.78 is 11.7. The molecule has 1 aliphatic heterocycles. The second kappa shape index (κ2) is 9.71. The van der Waals surface area contributed by atoms with Gasteiger partial charge in [-0.2, -0.15) is 0 Å². The van der Waals surface area contributed by atoms with Crippen LogP contribution in [0.4, 0.5) is 0 Å². The Morgan fingerprint density at radius 3 is 2.46 bits per heavy atom. The first-order valence-electron chi connectivity index (χ1n) is 9.89. The van der Waals surface area contributed by atoms with Crippen LogP contribution in [0.3, 0.4) is 0 Å². The zero-order valence-electron chi connectivity index (χ0n) is 17.1. The predicted octanol–water partition coefficient (Wildman–Crippen LogP) is 3.29. The fourth-order valence-corrected chi connectivity index (χ4v) is 3.51. The van der Waals surface area contributed by atoms with Crippen molar-refractivity contribution in [2.24, 2.45) is 0 Å². The Morgan fingerprint density at radius 1 is 1.04 bits per heavy atom. The van der Waals surface area contributed by atoms with Crippen molar-refractivity contribution in [3.05, 3.63) is 64.7 Å². The fourth-order valence-electron chi connectivity index (χ4n) is 3.51. The Morgan fingerprint density at radius 2 is 1.75 bits per heavy atom. The summed E-state index contributed by atoms with van der Waals surface area (Å²) >= 11 is 0. The van der Waals surface area contributed by atoms with Gasteiger partial charge in [-0.3, -0.25) is 4.90 Å². The molecule has 0 N–H and O–H groups in total. The number of benzene rings is 2. The quantitative estimate of drug-likeness (QED) is 0.688. The van der Waals surface area contributed by atoms with Gasteiger partial charge >= 0.3 is 5.97 Å². The normalized spacial score (nSPS) is 15.4. The number of likely N-dealkylation sites (N-methyl/N-ethyl adjacent to an activating group) is 1. The number of nitrogens with zero attached hydrogens (tertiary/aromatic N) is 2. The summed E-state index contributed by atoms with van der Waals surface area (Å²) in [5.41, 5.74) is 3.68. The van der Waals surface area contributed by atoms with Gasteiger partial charge in [0, 0.05) is 38.3 Å². The molecule has 2 aromatic carbocycles. The van der Waals surface area contributed by atoms with Crippen molar-refractivity contribution in [3.63, 3.8) is 0 Å². The van der Waals surface area contributed by atoms with Gasteiger partial charge in [-0.05, 0) is 44.7 Å². The summed E-state index contributed by atoms with van der Waals surface area (Å²) in [7, 11) is 2.16. The number of esters is 1. The maximum atomic E-state index is 12.3. The van der Waals surface area contributed by atoms with Crippen LogP contribution in [-0.2, 0) is 11.3 Å². The number of hydrogen-bond donors (Lipinski definition) is 0. The van der Waals surface area contributed by atoms with Gasteiger partial charge in [0.1, 0.15) is 19.0 Å². The van der Waals surface area contributed by atoms with Crippen LogP contribution in [0.15, 0.2) is 42.5 Å². The summed E-state index contributed by atoms with van der Waals surface area (Å²) in [5.74, 6) is 0.517. The lowest BCUT2D eigenvalue weighted by Crippen LogP contribution is -2.45. The monoisotopic (exact) mass is 382 g/mol. The molecule has 0 aliphatic carbocycles. The zero-order chi connectivity index (χ0) is 19.9. The molecule has 2 aromatic rings. The van der Waals surface area contributed by atoms with E-state index in [0.29, 0.717) is 12.2 Å². The minimum atomic E-state index is -0.317. The van der Waals surface area contributed by atoms with Crippen LogP contribution in [0.1, 0.15) is 27.0 Å². The van der Waals surface area contributed by atoms with Crippen molar-refractivity contribution in [2.75, 3.05) is 46.4 Å². The minimum absolute atomic E-state index is 0.208. The molecule has 1 fully saturated rings. The third kappa shape index (κ3) is 5.57. The highest BCUT2D eigenvalue weighted by molar-refractivity contribution is 5.89. The molecule has 3 rings (SSSR count). The molecule has 150 valence electrons. The van der Waals surface area contributed by atoms with E-state index in [1.54, 1.807) is 12.1 Å². The predicted molar refractivity (Wildman–Crippen MR) is 111 cm³/mol. The van der Waals surface area contributed by atoms with E-state index in [1.807, 2.05) is 38.1 Å². The van der Waals surface area contributed by atoms with Crippen LogP contribution >= 0.6 is 0 Å². The standard InChI is InChI=1S/C23H30N2O3/c1-18-15-19(2)22(27-14-13-25-11-9-24(3)10-12-25)21(16-18)17-28-23(26)20-7-5-4-6-8-20/h4-8,15-16H,9-14,17H2,1-3H3. The van der Waals surface area contributed by atoms with E-state index >= 15 is 0 Å². The van der Waals surface area contributed by atoms with Crippen molar-refractivity contribution < 1.29 is 14.3 Å². The highest BCUT2D eigenvalue weighted by Crippen LogP contribution is 2.26. The van der Waals surface area contributed by atoms with E-state index in [9.17, 15) is 4.79 Å². The third-order valence-corrected chi connectivity index (χ3v) is 5.11. The van der Waals surface area contributed by atoms with Gasteiger partial charge in [0.05, 0.1) is 5.56 Å². The number of aryl methyl sites for hydroxylation is 2. The maximum Gasteiger partial charge on any atom is 0.338 e. The molecule has 1 saturated heterocycles. The smallest absolute Gasteiger partial charge is 0.338 e. The van der Waals surface area contributed by atoms with Crippen molar-refractivity contribution in [1.29, 1.82) is 0 Å². The second-order valence-electron chi connectivity index (χ2n) is 7.51. The lowest BCUT2D eigenvalue weighted by Gasteiger charge is -2.32. The Labute approximate surface area is 167 Å². The first kappa shape index (κ1) is 20.4. The summed E-state index contributed by atoms with van der Waals surface area (Å²) in [6.07, 6.45) is 0. The zero-order valence-corrected chi connectivity index (χ0v) is 17.1. The molecular formula is C23H30N2O3. The molecule has 5 heteroatoms. The summed E-state index contributed by atoms with van der Waals surface area (Å²) in [5, 5.41) is 0. The summed E-state index contributed by atoms with van der Waals surface area (Å²) in [6.45, 7) is 10.2. The van der Waals surface area contributed by atoms with Crippen molar-refractivity contribution in [2.45, 2.75) is 20.5 Å². The van der Waals surface area contributed by atoms with Gasteiger partial charge in [0.2, 0.25) is 0 Å².